The molecule has 0 fully saturated rings. The van der Waals surface area contributed by atoms with Crippen LogP contribution < -0.4 is 20.2 Å². The average Bonchev–Trinajstić information content (AvgIpc) is 2.77. The van der Waals surface area contributed by atoms with Gasteiger partial charge in [0.25, 0.3) is 5.91 Å². The second-order valence-corrected chi connectivity index (χ2v) is 7.15. The Kier molecular flexibility index (Phi) is 9.55. The van der Waals surface area contributed by atoms with Crippen molar-refractivity contribution in [3.63, 3.8) is 0 Å². The van der Waals surface area contributed by atoms with E-state index in [1.54, 1.807) is 44.6 Å². The van der Waals surface area contributed by atoms with Crippen molar-refractivity contribution in [3.05, 3.63) is 53.1 Å². The van der Waals surface area contributed by atoms with E-state index in [0.717, 1.165) is 31.2 Å². The SMILES string of the molecule is CCCCCCC(=O)Nc1cccc(C(=O)NN=Cc2ccc(OC)c(C)c2OC)c1. The summed E-state index contributed by atoms with van der Waals surface area (Å²) in [4.78, 5) is 24.5. The number of nitrogens with zero attached hydrogens (tertiary/aromatic N) is 1. The first kappa shape index (κ1) is 23.9. The lowest BCUT2D eigenvalue weighted by Crippen LogP contribution is -2.18. The second-order valence-electron chi connectivity index (χ2n) is 7.15. The molecule has 31 heavy (non-hydrogen) atoms. The van der Waals surface area contributed by atoms with Gasteiger partial charge in [-0.3, -0.25) is 9.59 Å². The molecule has 0 spiro atoms. The summed E-state index contributed by atoms with van der Waals surface area (Å²) >= 11 is 0. The average molecular weight is 426 g/mol. The van der Waals surface area contributed by atoms with Crippen LogP contribution in [0.1, 0.15) is 60.5 Å². The van der Waals surface area contributed by atoms with Gasteiger partial charge in [0.15, 0.2) is 0 Å². The van der Waals surface area contributed by atoms with Gasteiger partial charge in [0, 0.05) is 28.8 Å². The number of nitrogens with one attached hydrogen (secondary N) is 2. The van der Waals surface area contributed by atoms with E-state index >= 15 is 0 Å². The number of hydrogen-bond acceptors (Lipinski definition) is 5. The normalized spacial score (nSPS) is 10.7. The first-order valence-corrected chi connectivity index (χ1v) is 10.4. The molecule has 0 aliphatic rings. The van der Waals surface area contributed by atoms with Gasteiger partial charge in [0.1, 0.15) is 11.5 Å². The molecule has 0 saturated heterocycles. The van der Waals surface area contributed by atoms with Gasteiger partial charge in [0.2, 0.25) is 5.91 Å². The molecule has 0 atom stereocenters. The van der Waals surface area contributed by atoms with Crippen LogP contribution in [0.3, 0.4) is 0 Å². The molecule has 2 aromatic rings. The Morgan fingerprint density at radius 2 is 1.87 bits per heavy atom. The van der Waals surface area contributed by atoms with Crippen molar-refractivity contribution in [2.45, 2.75) is 46.0 Å². The molecular weight excluding hydrogens is 394 g/mol. The Bertz CT molecular complexity index is 925. The number of unbranched alkanes of at least 4 members (excludes halogenated alkanes) is 3. The van der Waals surface area contributed by atoms with Crippen LogP contribution in [0.15, 0.2) is 41.5 Å². The van der Waals surface area contributed by atoms with Crippen LogP contribution in [-0.2, 0) is 4.79 Å². The van der Waals surface area contributed by atoms with Crippen LogP contribution >= 0.6 is 0 Å². The summed E-state index contributed by atoms with van der Waals surface area (Å²) in [6.45, 7) is 4.02. The second kappa shape index (κ2) is 12.4. The van der Waals surface area contributed by atoms with E-state index in [4.69, 9.17) is 9.47 Å². The molecule has 0 aromatic heterocycles. The highest BCUT2D eigenvalue weighted by molar-refractivity contribution is 5.97. The molecule has 0 saturated carbocycles. The van der Waals surface area contributed by atoms with Crippen molar-refractivity contribution in [3.8, 4) is 11.5 Å². The minimum atomic E-state index is -0.375. The van der Waals surface area contributed by atoms with Crippen LogP contribution in [0.4, 0.5) is 5.69 Å². The van der Waals surface area contributed by atoms with E-state index in [0.29, 0.717) is 34.7 Å². The van der Waals surface area contributed by atoms with Gasteiger partial charge in [-0.25, -0.2) is 5.43 Å². The zero-order chi connectivity index (χ0) is 22.6. The van der Waals surface area contributed by atoms with Gasteiger partial charge < -0.3 is 14.8 Å². The van der Waals surface area contributed by atoms with E-state index < -0.39 is 0 Å². The molecule has 0 aliphatic heterocycles. The van der Waals surface area contributed by atoms with Crippen LogP contribution in [0.25, 0.3) is 0 Å². The minimum absolute atomic E-state index is 0.0475. The van der Waals surface area contributed by atoms with Crippen LogP contribution in [0.5, 0.6) is 11.5 Å². The zero-order valence-corrected chi connectivity index (χ0v) is 18.7. The summed E-state index contributed by atoms with van der Waals surface area (Å²) in [5, 5.41) is 6.88. The van der Waals surface area contributed by atoms with Crippen molar-refractivity contribution < 1.29 is 19.1 Å². The Labute approximate surface area is 183 Å². The van der Waals surface area contributed by atoms with Crippen LogP contribution in [-0.4, -0.2) is 32.2 Å². The third-order valence-corrected chi connectivity index (χ3v) is 4.85. The molecule has 7 heteroatoms. The highest BCUT2D eigenvalue weighted by atomic mass is 16.5. The molecule has 7 nitrogen and oxygen atoms in total. The van der Waals surface area contributed by atoms with Gasteiger partial charge in [-0.2, -0.15) is 5.10 Å². The van der Waals surface area contributed by atoms with Gasteiger partial charge in [0.05, 0.1) is 20.4 Å². The summed E-state index contributed by atoms with van der Waals surface area (Å²) in [5.74, 6) is 0.913. The van der Waals surface area contributed by atoms with Gasteiger partial charge in [-0.1, -0.05) is 32.3 Å². The number of methoxy groups -OCH3 is 2. The third kappa shape index (κ3) is 7.13. The van der Waals surface area contributed by atoms with Gasteiger partial charge in [-0.15, -0.1) is 0 Å². The fourth-order valence-corrected chi connectivity index (χ4v) is 3.19. The summed E-state index contributed by atoms with van der Waals surface area (Å²) in [6, 6.07) is 10.4. The fraction of sp³-hybridized carbons (Fsp3) is 0.375. The lowest BCUT2D eigenvalue weighted by Gasteiger charge is -2.12. The lowest BCUT2D eigenvalue weighted by atomic mass is 10.1. The Morgan fingerprint density at radius 3 is 2.58 bits per heavy atom. The molecule has 2 rings (SSSR count). The highest BCUT2D eigenvalue weighted by Crippen LogP contribution is 2.30. The van der Waals surface area contributed by atoms with E-state index in [9.17, 15) is 9.59 Å². The molecule has 0 heterocycles. The molecule has 0 radical (unpaired) electrons. The predicted molar refractivity (Wildman–Crippen MR) is 123 cm³/mol. The number of hydrazone groups is 1. The van der Waals surface area contributed by atoms with Crippen molar-refractivity contribution in [1.29, 1.82) is 0 Å². The first-order chi connectivity index (χ1) is 15.0. The maximum absolute atomic E-state index is 12.4. The van der Waals surface area contributed by atoms with Crippen LogP contribution in [0, 0.1) is 6.92 Å². The molecular formula is C24H31N3O4. The Balaban J connectivity index is 1.98. The Hall–Kier alpha value is -3.35. The molecule has 0 aliphatic carbocycles. The molecule has 2 N–H and O–H groups in total. The highest BCUT2D eigenvalue weighted by Gasteiger charge is 2.11. The standard InChI is InChI=1S/C24H31N3O4/c1-5-6-7-8-12-22(28)26-20-11-9-10-18(15-20)24(29)27-25-16-19-13-14-21(30-3)17(2)23(19)31-4/h9-11,13-16H,5-8,12H2,1-4H3,(H,26,28)(H,27,29). The molecule has 2 aromatic carbocycles. The van der Waals surface area contributed by atoms with Crippen molar-refractivity contribution in [2.24, 2.45) is 5.10 Å². The van der Waals surface area contributed by atoms with E-state index in [-0.39, 0.29) is 11.8 Å². The van der Waals surface area contributed by atoms with Crippen molar-refractivity contribution in [2.75, 3.05) is 19.5 Å². The maximum Gasteiger partial charge on any atom is 0.271 e. The maximum atomic E-state index is 12.4. The molecule has 166 valence electrons. The van der Waals surface area contributed by atoms with E-state index in [1.165, 1.54) is 6.21 Å². The third-order valence-electron chi connectivity index (χ3n) is 4.85. The smallest absolute Gasteiger partial charge is 0.271 e. The first-order valence-electron chi connectivity index (χ1n) is 10.4. The largest absolute Gasteiger partial charge is 0.496 e. The zero-order valence-electron chi connectivity index (χ0n) is 18.7. The number of carbonyl (C=O) groups excluding carboxylic acids is 2. The fourth-order valence-electron chi connectivity index (χ4n) is 3.19. The van der Waals surface area contributed by atoms with Gasteiger partial charge in [-0.05, 0) is 43.7 Å². The summed E-state index contributed by atoms with van der Waals surface area (Å²) < 4.78 is 10.7. The number of rotatable bonds is 11. The quantitative estimate of drug-likeness (QED) is 0.311. The number of anilines is 1. The van der Waals surface area contributed by atoms with Crippen molar-refractivity contribution >= 4 is 23.7 Å². The molecule has 2 amide bonds. The van der Waals surface area contributed by atoms with Crippen molar-refractivity contribution in [1.82, 2.24) is 5.43 Å². The lowest BCUT2D eigenvalue weighted by molar-refractivity contribution is -0.116. The number of carbonyl (C=O) groups is 2. The van der Waals surface area contributed by atoms with E-state index in [2.05, 4.69) is 22.8 Å². The number of ether oxygens (including phenoxy) is 2. The molecule has 0 unspecified atom stereocenters. The van der Waals surface area contributed by atoms with E-state index in [1.807, 2.05) is 13.0 Å². The summed E-state index contributed by atoms with van der Waals surface area (Å²) in [5.41, 5.74) is 5.05. The Morgan fingerprint density at radius 1 is 1.06 bits per heavy atom. The molecule has 0 bridgehead atoms. The monoisotopic (exact) mass is 425 g/mol. The summed E-state index contributed by atoms with van der Waals surface area (Å²) in [7, 11) is 3.17. The predicted octanol–water partition coefficient (Wildman–Crippen LogP) is 4.69. The van der Waals surface area contributed by atoms with Crippen LogP contribution in [0.2, 0.25) is 0 Å². The number of hydrogen-bond donors (Lipinski definition) is 2. The number of benzene rings is 2. The summed E-state index contributed by atoms with van der Waals surface area (Å²) in [6.07, 6.45) is 6.16. The minimum Gasteiger partial charge on any atom is -0.496 e. The van der Waals surface area contributed by atoms with Gasteiger partial charge >= 0.3 is 0 Å². The topological polar surface area (TPSA) is 89.0 Å². The number of amides is 2.